The molecule has 0 amide bonds. The average molecular weight is 442 g/mol. The molecule has 4 aliphatic carbocycles. The van der Waals surface area contributed by atoms with Crippen LogP contribution in [0.25, 0.3) is 0 Å². The van der Waals surface area contributed by atoms with E-state index >= 15 is 0 Å². The second kappa shape index (κ2) is 7.39. The molecule has 10 atom stereocenters. The topological polar surface area (TPSA) is 49.8 Å². The third kappa shape index (κ3) is 3.01. The molecular weight excluding hydrogens is 398 g/mol. The zero-order valence-corrected chi connectivity index (χ0v) is 20.6. The van der Waals surface area contributed by atoms with Crippen molar-refractivity contribution in [3.8, 4) is 0 Å². The van der Waals surface area contributed by atoms with Gasteiger partial charge >= 0.3 is 0 Å². The number of hydrogen-bond donors (Lipinski definition) is 1. The molecule has 2 aliphatic heterocycles. The van der Waals surface area contributed by atoms with Crippen LogP contribution in [-0.4, -0.2) is 40.3 Å². The number of piperidine rings is 1. The monoisotopic (exact) mass is 441 g/mol. The van der Waals surface area contributed by atoms with Crippen molar-refractivity contribution in [1.29, 1.82) is 0 Å². The fraction of sp³-hybridized carbons (Fsp3) is 0.893. The highest BCUT2D eigenvalue weighted by Gasteiger charge is 2.60. The van der Waals surface area contributed by atoms with Crippen LogP contribution in [0.15, 0.2) is 11.1 Å². The molecule has 6 rings (SSSR count). The number of allylic oxidation sites excluding steroid dienone is 1. The van der Waals surface area contributed by atoms with Gasteiger partial charge in [0.25, 0.3) is 0 Å². The molecular formula is C28H43NO3. The summed E-state index contributed by atoms with van der Waals surface area (Å²) in [6, 6.07) is 0.156. The Labute approximate surface area is 194 Å². The lowest BCUT2D eigenvalue weighted by atomic mass is 9.52. The van der Waals surface area contributed by atoms with E-state index in [1.54, 1.807) is 16.2 Å². The summed E-state index contributed by atoms with van der Waals surface area (Å²) in [6.45, 7) is 10.3. The van der Waals surface area contributed by atoms with Gasteiger partial charge in [0, 0.05) is 25.3 Å². The predicted molar refractivity (Wildman–Crippen MR) is 124 cm³/mol. The Balaban J connectivity index is 1.28. The molecule has 32 heavy (non-hydrogen) atoms. The minimum Gasteiger partial charge on any atom is -0.369 e. The lowest BCUT2D eigenvalue weighted by Crippen LogP contribution is -2.50. The van der Waals surface area contributed by atoms with E-state index in [4.69, 9.17) is 4.74 Å². The number of hydroxylamine groups is 2. The van der Waals surface area contributed by atoms with Gasteiger partial charge in [-0.05, 0) is 93.3 Å². The molecule has 2 saturated heterocycles. The van der Waals surface area contributed by atoms with Crippen molar-refractivity contribution < 1.29 is 14.7 Å². The van der Waals surface area contributed by atoms with Crippen LogP contribution >= 0.6 is 0 Å². The van der Waals surface area contributed by atoms with Gasteiger partial charge in [-0.2, -0.15) is 5.06 Å². The summed E-state index contributed by atoms with van der Waals surface area (Å²) >= 11 is 0. The van der Waals surface area contributed by atoms with Gasteiger partial charge in [-0.25, -0.2) is 0 Å². The molecule has 1 N–H and O–H groups in total. The highest BCUT2D eigenvalue weighted by Crippen LogP contribution is 2.65. The number of fused-ring (bicyclic) bond motifs is 6. The Morgan fingerprint density at radius 1 is 1.12 bits per heavy atom. The van der Waals surface area contributed by atoms with Crippen LogP contribution in [0.1, 0.15) is 91.9 Å². The van der Waals surface area contributed by atoms with Crippen LogP contribution < -0.4 is 0 Å². The van der Waals surface area contributed by atoms with Crippen LogP contribution in [0.5, 0.6) is 0 Å². The molecule has 5 fully saturated rings. The van der Waals surface area contributed by atoms with Crippen molar-refractivity contribution in [2.75, 3.05) is 6.54 Å². The first kappa shape index (κ1) is 21.8. The number of rotatable bonds is 0. The SMILES string of the molecule is CC1=C2C[C@H]3C(CC[C@@H]4CC(=O)CC[C@@]43C)[C@@H]2CC[C@@]2(C1)O[C@@H]1C[C@H](C)CN(O)[C@H]1[C@H]2C. The van der Waals surface area contributed by atoms with Gasteiger partial charge in [0.05, 0.1) is 17.7 Å². The first-order chi connectivity index (χ1) is 15.2. The van der Waals surface area contributed by atoms with E-state index in [1.165, 1.54) is 25.7 Å². The van der Waals surface area contributed by atoms with E-state index in [1.807, 2.05) is 0 Å². The highest BCUT2D eigenvalue weighted by atomic mass is 16.5. The molecule has 1 unspecified atom stereocenters. The molecule has 3 saturated carbocycles. The van der Waals surface area contributed by atoms with Crippen LogP contribution in [0.3, 0.4) is 0 Å². The van der Waals surface area contributed by atoms with E-state index in [0.717, 1.165) is 62.8 Å². The van der Waals surface area contributed by atoms with E-state index in [2.05, 4.69) is 27.7 Å². The molecule has 178 valence electrons. The van der Waals surface area contributed by atoms with Gasteiger partial charge in [-0.15, -0.1) is 0 Å². The van der Waals surface area contributed by atoms with Gasteiger partial charge in [0.2, 0.25) is 0 Å². The normalized spacial score (nSPS) is 53.6. The molecule has 0 radical (unpaired) electrons. The summed E-state index contributed by atoms with van der Waals surface area (Å²) in [5.41, 5.74) is 3.62. The molecule has 6 aliphatic rings. The second-order valence-corrected chi connectivity index (χ2v) is 13.1. The van der Waals surface area contributed by atoms with E-state index in [9.17, 15) is 10.0 Å². The molecule has 1 spiro atoms. The largest absolute Gasteiger partial charge is 0.369 e. The Hall–Kier alpha value is -0.710. The first-order valence-electron chi connectivity index (χ1n) is 13.6. The quantitative estimate of drug-likeness (QED) is 0.484. The van der Waals surface area contributed by atoms with Crippen molar-refractivity contribution in [3.63, 3.8) is 0 Å². The smallest absolute Gasteiger partial charge is 0.133 e. The summed E-state index contributed by atoms with van der Waals surface area (Å²) in [5, 5.41) is 12.4. The third-order valence-corrected chi connectivity index (χ3v) is 11.5. The van der Waals surface area contributed by atoms with Crippen LogP contribution in [0.4, 0.5) is 0 Å². The number of Topliss-reactive ketones (excluding diaryl/α,β-unsaturated/α-hetero) is 1. The number of carbonyl (C=O) groups excluding carboxylic acids is 1. The van der Waals surface area contributed by atoms with Gasteiger partial charge < -0.3 is 9.94 Å². The fourth-order valence-corrected chi connectivity index (χ4v) is 9.82. The van der Waals surface area contributed by atoms with Crippen LogP contribution in [-0.2, 0) is 9.53 Å². The minimum absolute atomic E-state index is 0.102. The average Bonchev–Trinajstić information content (AvgIpc) is 3.19. The summed E-state index contributed by atoms with van der Waals surface area (Å²) < 4.78 is 6.94. The van der Waals surface area contributed by atoms with Crippen LogP contribution in [0, 0.1) is 40.9 Å². The minimum atomic E-state index is -0.102. The Morgan fingerprint density at radius 2 is 1.94 bits per heavy atom. The second-order valence-electron chi connectivity index (χ2n) is 13.1. The third-order valence-electron chi connectivity index (χ3n) is 11.5. The molecule has 0 bridgehead atoms. The van der Waals surface area contributed by atoms with Crippen molar-refractivity contribution in [3.05, 3.63) is 11.1 Å². The predicted octanol–water partition coefficient (Wildman–Crippen LogP) is 5.78. The fourth-order valence-electron chi connectivity index (χ4n) is 9.82. The maximum Gasteiger partial charge on any atom is 0.133 e. The Morgan fingerprint density at radius 3 is 2.75 bits per heavy atom. The molecule has 0 aromatic heterocycles. The molecule has 2 heterocycles. The molecule has 4 heteroatoms. The highest BCUT2D eigenvalue weighted by molar-refractivity contribution is 5.79. The van der Waals surface area contributed by atoms with Gasteiger partial charge in [0.15, 0.2) is 0 Å². The summed E-state index contributed by atoms with van der Waals surface area (Å²) in [4.78, 5) is 12.2. The standard InChI is InChI=1S/C28H43NO3/c1-16-11-25-26(29(31)15-16)18(3)28(32-25)10-8-21-22-6-5-19-12-20(30)7-9-27(19,4)24(22)13-23(21)17(2)14-28/h16,18-19,21-22,24-26,31H,5-15H2,1-4H3/t16-,18+,19+,21-,22?,24-,25+,26-,27-,28-/m0/s1. The maximum atomic E-state index is 12.2. The van der Waals surface area contributed by atoms with Gasteiger partial charge in [0.1, 0.15) is 5.78 Å². The van der Waals surface area contributed by atoms with Gasteiger partial charge in [-0.1, -0.05) is 31.9 Å². The maximum absolute atomic E-state index is 12.2. The molecule has 0 aromatic carbocycles. The molecule has 0 aromatic rings. The Bertz CT molecular complexity index is 837. The number of carbonyl (C=O) groups is 1. The Kier molecular flexibility index (Phi) is 5.04. The lowest BCUT2D eigenvalue weighted by Gasteiger charge is -2.52. The van der Waals surface area contributed by atoms with E-state index in [0.29, 0.717) is 29.0 Å². The summed E-state index contributed by atoms with van der Waals surface area (Å²) in [6.07, 6.45) is 11.3. The van der Waals surface area contributed by atoms with E-state index in [-0.39, 0.29) is 17.7 Å². The van der Waals surface area contributed by atoms with Crippen molar-refractivity contribution >= 4 is 5.78 Å². The zero-order valence-electron chi connectivity index (χ0n) is 20.6. The van der Waals surface area contributed by atoms with E-state index < -0.39 is 0 Å². The zero-order chi connectivity index (χ0) is 22.4. The van der Waals surface area contributed by atoms with Crippen molar-refractivity contribution in [2.24, 2.45) is 40.9 Å². The number of ketones is 1. The van der Waals surface area contributed by atoms with Crippen molar-refractivity contribution in [1.82, 2.24) is 5.06 Å². The first-order valence-corrected chi connectivity index (χ1v) is 13.6. The summed E-state index contributed by atoms with van der Waals surface area (Å²) in [7, 11) is 0. The lowest BCUT2D eigenvalue weighted by molar-refractivity contribution is -0.178. The number of nitrogens with zero attached hydrogens (tertiary/aromatic N) is 1. The number of hydrogen-bond acceptors (Lipinski definition) is 4. The number of ether oxygens (including phenoxy) is 1. The molecule has 4 nitrogen and oxygen atoms in total. The van der Waals surface area contributed by atoms with Crippen LogP contribution in [0.2, 0.25) is 0 Å². The van der Waals surface area contributed by atoms with Crippen molar-refractivity contribution in [2.45, 2.75) is 110 Å². The summed E-state index contributed by atoms with van der Waals surface area (Å²) in [5.74, 6) is 4.29. The van der Waals surface area contributed by atoms with Gasteiger partial charge in [-0.3, -0.25) is 4.79 Å².